The number of benzene rings is 11. The zero-order valence-corrected chi connectivity index (χ0v) is 48.0. The fourth-order valence-electron chi connectivity index (χ4n) is 13.8. The average Bonchev–Trinajstić information content (AvgIpc) is 3.44. The van der Waals surface area contributed by atoms with Gasteiger partial charge in [0.05, 0.1) is 11.4 Å². The number of hydrogen-bond donors (Lipinski definition) is 0. The molecule has 0 N–H and O–H groups in total. The quantitative estimate of drug-likeness (QED) is 0.114. The number of fused-ring (bicyclic) bond motifs is 10. The summed E-state index contributed by atoms with van der Waals surface area (Å²) in [6.07, 6.45) is 5.94. The minimum Gasteiger partial charge on any atom is -0.456 e. The summed E-state index contributed by atoms with van der Waals surface area (Å²) in [4.78, 5) is 5.44. The van der Waals surface area contributed by atoms with Gasteiger partial charge in [-0.2, -0.15) is 0 Å². The molecule has 0 fully saturated rings. The van der Waals surface area contributed by atoms with Crippen LogP contribution in [-0.2, 0) is 18.3 Å². The van der Waals surface area contributed by atoms with Crippen LogP contribution in [-0.4, -0.2) is 6.71 Å². The summed E-state index contributed by atoms with van der Waals surface area (Å²) < 4.78 is 13.9. The number of nitrogens with zero attached hydrogens (tertiary/aromatic N) is 2. The highest BCUT2D eigenvalue weighted by Gasteiger charge is 2.46. The van der Waals surface area contributed by atoms with E-state index in [1.807, 2.05) is 0 Å². The molecule has 0 atom stereocenters. The van der Waals surface area contributed by atoms with Crippen LogP contribution in [0.3, 0.4) is 0 Å². The summed E-state index contributed by atoms with van der Waals surface area (Å²) >= 11 is 0. The number of furan rings is 2. The summed E-state index contributed by atoms with van der Waals surface area (Å²) in [5.41, 5.74) is 27.7. The lowest BCUT2D eigenvalue weighted by Gasteiger charge is -2.46. The van der Waals surface area contributed by atoms with Crippen molar-refractivity contribution in [1.82, 2.24) is 0 Å². The molecule has 0 bridgehead atoms. The molecule has 0 saturated carbocycles. The van der Waals surface area contributed by atoms with Crippen LogP contribution in [0.15, 0.2) is 239 Å². The lowest BCUT2D eigenvalue weighted by molar-refractivity contribution is 0.590. The molecule has 0 unspecified atom stereocenters. The van der Waals surface area contributed by atoms with Crippen molar-refractivity contribution in [2.45, 2.75) is 78.6 Å². The van der Waals surface area contributed by atoms with Gasteiger partial charge in [0.1, 0.15) is 22.3 Å². The number of unbranched alkanes of at least 4 members (excludes halogenated alkanes) is 2. The van der Waals surface area contributed by atoms with E-state index in [4.69, 9.17) is 8.83 Å². The second kappa shape index (κ2) is 20.3. The van der Waals surface area contributed by atoms with Gasteiger partial charge in [0, 0.05) is 55.4 Å². The molecule has 5 heteroatoms. The van der Waals surface area contributed by atoms with E-state index in [9.17, 15) is 0 Å². The molecule has 2 aromatic heterocycles. The molecule has 0 saturated heterocycles. The van der Waals surface area contributed by atoms with Gasteiger partial charge in [0.15, 0.2) is 0 Å². The molecule has 4 nitrogen and oxygen atoms in total. The summed E-state index contributed by atoms with van der Waals surface area (Å²) in [5, 5.41) is 4.52. The highest BCUT2D eigenvalue weighted by Crippen LogP contribution is 2.55. The Morgan fingerprint density at radius 3 is 1.16 bits per heavy atom. The lowest BCUT2D eigenvalue weighted by atomic mass is 9.33. The van der Waals surface area contributed by atoms with Crippen LogP contribution < -0.4 is 26.2 Å². The van der Waals surface area contributed by atoms with Crippen LogP contribution in [0.25, 0.3) is 88.4 Å². The molecule has 15 rings (SSSR count). The molecular formula is C78H65BN2O2. The maximum atomic E-state index is 6.96. The van der Waals surface area contributed by atoms with Gasteiger partial charge in [-0.05, 0) is 146 Å². The van der Waals surface area contributed by atoms with Crippen LogP contribution in [0.2, 0.25) is 0 Å². The highest BCUT2D eigenvalue weighted by molar-refractivity contribution is 7.00. The van der Waals surface area contributed by atoms with E-state index in [1.165, 1.54) is 101 Å². The minimum absolute atomic E-state index is 0.158. The Labute approximate surface area is 487 Å². The van der Waals surface area contributed by atoms with Crippen LogP contribution in [0.4, 0.5) is 34.1 Å². The summed E-state index contributed by atoms with van der Waals surface area (Å²) in [6, 6.07) is 86.1. The minimum atomic E-state index is -0.247. The first-order chi connectivity index (χ1) is 40.7. The van der Waals surface area contributed by atoms with Gasteiger partial charge in [-0.3, -0.25) is 0 Å². The number of para-hydroxylation sites is 2. The molecule has 0 aliphatic carbocycles. The van der Waals surface area contributed by atoms with E-state index in [-0.39, 0.29) is 12.1 Å². The van der Waals surface area contributed by atoms with Gasteiger partial charge in [-0.25, -0.2) is 0 Å². The number of hydrogen-bond acceptors (Lipinski definition) is 4. The van der Waals surface area contributed by atoms with Gasteiger partial charge < -0.3 is 18.6 Å². The van der Waals surface area contributed by atoms with Crippen LogP contribution in [0.5, 0.6) is 0 Å². The van der Waals surface area contributed by atoms with Crippen molar-refractivity contribution in [1.29, 1.82) is 0 Å². The second-order valence-corrected chi connectivity index (χ2v) is 24.0. The maximum Gasteiger partial charge on any atom is 0.252 e. The average molecular weight is 1070 g/mol. The molecule has 0 spiro atoms. The Morgan fingerprint density at radius 1 is 0.373 bits per heavy atom. The van der Waals surface area contributed by atoms with Crippen molar-refractivity contribution < 1.29 is 8.83 Å². The van der Waals surface area contributed by atoms with Gasteiger partial charge in [0.25, 0.3) is 6.71 Å². The first kappa shape index (κ1) is 50.6. The van der Waals surface area contributed by atoms with E-state index < -0.39 is 0 Å². The smallest absolute Gasteiger partial charge is 0.252 e. The molecule has 0 amide bonds. The third kappa shape index (κ3) is 8.34. The lowest BCUT2D eigenvalue weighted by Crippen LogP contribution is -2.61. The van der Waals surface area contributed by atoms with Gasteiger partial charge in [-0.1, -0.05) is 229 Å². The Hall–Kier alpha value is -9.32. The first-order valence-corrected chi connectivity index (χ1v) is 30.0. The van der Waals surface area contributed by atoms with Crippen molar-refractivity contribution in [3.63, 3.8) is 0 Å². The third-order valence-electron chi connectivity index (χ3n) is 17.8. The monoisotopic (exact) mass is 1070 g/mol. The number of aryl methyl sites for hydroxylation is 2. The van der Waals surface area contributed by atoms with E-state index in [1.54, 1.807) is 0 Å². The standard InChI is InChI=1S/C78H65BN2O2/c1-6-8-26-56-46-69-73(59-36-22-24-38-67(59)82-69)71(52-32-18-12-19-33-52)76(56)80-63-42-40-54(50-28-14-10-15-29-50)44-61(63)79-62-45-55(51-30-16-11-17-31-51)41-43-64(62)81(66-49-58(78(3,4)5)48-65(80)75(66)79)77-57(27-9-7-2)47-70-74(60-37-23-25-39-68(60)83-70)72(77)53-34-20-13-21-35-53/h10-25,28-49H,6-9,26-27H2,1-5H3. The molecule has 83 heavy (non-hydrogen) atoms. The van der Waals surface area contributed by atoms with Crippen molar-refractivity contribution >= 4 is 101 Å². The predicted molar refractivity (Wildman–Crippen MR) is 353 cm³/mol. The highest BCUT2D eigenvalue weighted by atomic mass is 16.3. The predicted octanol–water partition coefficient (Wildman–Crippen LogP) is 20.2. The van der Waals surface area contributed by atoms with E-state index >= 15 is 0 Å². The molecular weight excluding hydrogens is 1010 g/mol. The van der Waals surface area contributed by atoms with Crippen molar-refractivity contribution in [2.24, 2.45) is 0 Å². The Bertz CT molecular complexity index is 4340. The summed E-state index contributed by atoms with van der Waals surface area (Å²) in [7, 11) is 0. The number of anilines is 6. The molecule has 2 aliphatic rings. The molecule has 402 valence electrons. The van der Waals surface area contributed by atoms with Crippen molar-refractivity contribution in [2.75, 3.05) is 9.80 Å². The maximum absolute atomic E-state index is 6.96. The first-order valence-electron chi connectivity index (χ1n) is 30.0. The van der Waals surface area contributed by atoms with Crippen molar-refractivity contribution in [3.05, 3.63) is 247 Å². The molecule has 2 aliphatic heterocycles. The van der Waals surface area contributed by atoms with Gasteiger partial charge in [0.2, 0.25) is 0 Å². The Balaban J connectivity index is 1.15. The molecule has 11 aromatic carbocycles. The molecule has 4 heterocycles. The Kier molecular flexibility index (Phi) is 12.4. The van der Waals surface area contributed by atoms with Crippen LogP contribution in [0.1, 0.15) is 77.0 Å². The SMILES string of the molecule is CCCCc1cc2oc3ccccc3c2c(-c2ccccc2)c1N1c2ccc(-c3ccccc3)cc2B2c3cc(-c4ccccc4)ccc3N(c3c(CCCC)cc4oc5ccccc5c4c3-c3ccccc3)c3cc(C(C)(C)C)cc1c32. The zero-order chi connectivity index (χ0) is 55.9. The van der Waals surface area contributed by atoms with E-state index in [2.05, 4.69) is 275 Å². The van der Waals surface area contributed by atoms with Gasteiger partial charge in [-0.15, -0.1) is 0 Å². The second-order valence-electron chi connectivity index (χ2n) is 24.0. The van der Waals surface area contributed by atoms with E-state index in [0.29, 0.717) is 0 Å². The summed E-state index contributed by atoms with van der Waals surface area (Å²) in [5.74, 6) is 0. The topological polar surface area (TPSA) is 32.8 Å². The van der Waals surface area contributed by atoms with Crippen molar-refractivity contribution in [3.8, 4) is 44.5 Å². The molecule has 13 aromatic rings. The van der Waals surface area contributed by atoms with Crippen LogP contribution >= 0.6 is 0 Å². The largest absolute Gasteiger partial charge is 0.456 e. The van der Waals surface area contributed by atoms with Gasteiger partial charge >= 0.3 is 0 Å². The molecule has 0 radical (unpaired) electrons. The Morgan fingerprint density at radius 2 is 0.759 bits per heavy atom. The third-order valence-corrected chi connectivity index (χ3v) is 17.8. The number of rotatable bonds is 12. The summed E-state index contributed by atoms with van der Waals surface area (Å²) in [6.45, 7) is 11.6. The normalized spacial score (nSPS) is 12.9. The van der Waals surface area contributed by atoms with Crippen LogP contribution in [0, 0.1) is 0 Å². The van der Waals surface area contributed by atoms with E-state index in [0.717, 1.165) is 93.5 Å². The fourth-order valence-corrected chi connectivity index (χ4v) is 13.8. The zero-order valence-electron chi connectivity index (χ0n) is 48.0. The fraction of sp³-hybridized carbons (Fsp3) is 0.154.